The Kier molecular flexibility index (Phi) is 4.23. The maximum Gasteiger partial charge on any atom is 0.308 e. The van der Waals surface area contributed by atoms with Crippen molar-refractivity contribution >= 4 is 23.5 Å². The highest BCUT2D eigenvalue weighted by Crippen LogP contribution is 2.25. The fourth-order valence-corrected chi connectivity index (χ4v) is 2.93. The zero-order valence-corrected chi connectivity index (χ0v) is 13.4. The third-order valence-corrected chi connectivity index (χ3v) is 4.40. The van der Waals surface area contributed by atoms with Crippen LogP contribution in [0, 0.1) is 17.7 Å². The Bertz CT molecular complexity index is 810. The van der Waals surface area contributed by atoms with Crippen LogP contribution < -0.4 is 0 Å². The molecule has 2 heterocycles. The minimum Gasteiger partial charge on any atom is -0.481 e. The number of halogens is 2. The van der Waals surface area contributed by atoms with Gasteiger partial charge in [-0.15, -0.1) is 5.10 Å². The smallest absolute Gasteiger partial charge is 0.308 e. The van der Waals surface area contributed by atoms with Gasteiger partial charge in [-0.1, -0.05) is 29.8 Å². The average Bonchev–Trinajstić information content (AvgIpc) is 3.16. The summed E-state index contributed by atoms with van der Waals surface area (Å²) < 4.78 is 15.1. The number of carboxylic acid groups (broad SMARTS) is 1. The van der Waals surface area contributed by atoms with Crippen molar-refractivity contribution in [3.63, 3.8) is 0 Å². The maximum atomic E-state index is 14.0. The monoisotopic (exact) mass is 352 g/mol. The van der Waals surface area contributed by atoms with Crippen LogP contribution in [-0.4, -0.2) is 50.0 Å². The van der Waals surface area contributed by atoms with Gasteiger partial charge in [0.2, 0.25) is 0 Å². The van der Waals surface area contributed by atoms with Crippen molar-refractivity contribution in [3.8, 4) is 5.69 Å². The number of aromatic nitrogens is 3. The number of rotatable bonds is 3. The van der Waals surface area contributed by atoms with E-state index in [9.17, 15) is 14.0 Å². The molecule has 9 heteroatoms. The molecule has 0 spiro atoms. The van der Waals surface area contributed by atoms with Gasteiger partial charge >= 0.3 is 5.97 Å². The van der Waals surface area contributed by atoms with E-state index in [4.69, 9.17) is 16.7 Å². The molecule has 3 rings (SSSR count). The third kappa shape index (κ3) is 2.84. The molecule has 1 aromatic carbocycles. The van der Waals surface area contributed by atoms with Gasteiger partial charge in [0.25, 0.3) is 5.91 Å². The van der Waals surface area contributed by atoms with Gasteiger partial charge in [0, 0.05) is 13.1 Å². The molecular formula is C15H14ClFN4O3. The third-order valence-electron chi connectivity index (χ3n) is 4.11. The molecule has 1 aromatic heterocycles. The van der Waals surface area contributed by atoms with Gasteiger partial charge in [-0.05, 0) is 18.1 Å². The lowest BCUT2D eigenvalue weighted by Gasteiger charge is -2.13. The van der Waals surface area contributed by atoms with Crippen molar-refractivity contribution in [2.45, 2.75) is 6.92 Å². The van der Waals surface area contributed by atoms with E-state index in [1.165, 1.54) is 23.2 Å². The number of aliphatic carboxylic acids is 1. The van der Waals surface area contributed by atoms with Crippen LogP contribution in [0.3, 0.4) is 0 Å². The molecule has 2 atom stereocenters. The number of carbonyl (C=O) groups is 2. The molecule has 2 aromatic rings. The number of likely N-dealkylation sites (tertiary alicyclic amines) is 1. The Hall–Kier alpha value is -2.48. The highest BCUT2D eigenvalue weighted by molar-refractivity contribution is 6.30. The molecule has 0 saturated carbocycles. The average molecular weight is 353 g/mol. The number of amides is 1. The quantitative estimate of drug-likeness (QED) is 0.910. The molecule has 126 valence electrons. The van der Waals surface area contributed by atoms with Crippen molar-refractivity contribution in [2.24, 2.45) is 11.8 Å². The lowest BCUT2D eigenvalue weighted by molar-refractivity contribution is -0.142. The van der Waals surface area contributed by atoms with Crippen LogP contribution in [0.1, 0.15) is 17.4 Å². The molecule has 1 aliphatic rings. The first-order valence-electron chi connectivity index (χ1n) is 7.27. The number of benzene rings is 1. The van der Waals surface area contributed by atoms with Gasteiger partial charge in [-0.25, -0.2) is 9.07 Å². The molecule has 1 saturated heterocycles. The Morgan fingerprint density at radius 2 is 2.12 bits per heavy atom. The van der Waals surface area contributed by atoms with E-state index < -0.39 is 23.6 Å². The standard InChI is InChI=1S/C15H14ClFN4O3/c1-8-5-20(6-9(8)15(23)24)14(22)11-7-21(19-18-11)12-4-2-3-10(16)13(12)17/h2-4,7-9H,5-6H2,1H3,(H,23,24)/t8-,9-/m1/s1. The molecule has 1 fully saturated rings. The molecule has 1 aliphatic heterocycles. The molecule has 1 amide bonds. The summed E-state index contributed by atoms with van der Waals surface area (Å²) in [7, 11) is 0. The summed E-state index contributed by atoms with van der Waals surface area (Å²) in [6.45, 7) is 2.23. The van der Waals surface area contributed by atoms with E-state index in [1.54, 1.807) is 13.0 Å². The molecule has 1 N–H and O–H groups in total. The van der Waals surface area contributed by atoms with Crippen LogP contribution >= 0.6 is 11.6 Å². The largest absolute Gasteiger partial charge is 0.481 e. The SMILES string of the molecule is C[C@@H]1CN(C(=O)c2cn(-c3cccc(Cl)c3F)nn2)C[C@H]1C(=O)O. The Labute approximate surface area is 141 Å². The van der Waals surface area contributed by atoms with E-state index in [-0.39, 0.29) is 28.9 Å². The van der Waals surface area contributed by atoms with Crippen LogP contribution in [0.2, 0.25) is 5.02 Å². The van der Waals surface area contributed by atoms with E-state index in [2.05, 4.69) is 10.3 Å². The van der Waals surface area contributed by atoms with E-state index >= 15 is 0 Å². The first-order chi connectivity index (χ1) is 11.4. The van der Waals surface area contributed by atoms with Crippen molar-refractivity contribution < 1.29 is 19.1 Å². The van der Waals surface area contributed by atoms with Crippen molar-refractivity contribution in [2.75, 3.05) is 13.1 Å². The van der Waals surface area contributed by atoms with Gasteiger partial charge in [-0.2, -0.15) is 0 Å². The van der Waals surface area contributed by atoms with E-state index in [0.717, 1.165) is 4.68 Å². The normalized spacial score (nSPS) is 20.4. The first-order valence-corrected chi connectivity index (χ1v) is 7.65. The van der Waals surface area contributed by atoms with E-state index in [0.29, 0.717) is 6.54 Å². The Morgan fingerprint density at radius 1 is 1.38 bits per heavy atom. The van der Waals surface area contributed by atoms with Crippen molar-refractivity contribution in [3.05, 3.63) is 40.9 Å². The zero-order valence-electron chi connectivity index (χ0n) is 12.7. The summed E-state index contributed by atoms with van der Waals surface area (Å²) in [6, 6.07) is 4.42. The fraction of sp³-hybridized carbons (Fsp3) is 0.333. The fourth-order valence-electron chi connectivity index (χ4n) is 2.76. The summed E-state index contributed by atoms with van der Waals surface area (Å²) in [5.41, 5.74) is 0.0971. The maximum absolute atomic E-state index is 14.0. The van der Waals surface area contributed by atoms with Gasteiger partial charge in [-0.3, -0.25) is 9.59 Å². The molecule has 0 unspecified atom stereocenters. The van der Waals surface area contributed by atoms with Crippen LogP contribution in [-0.2, 0) is 4.79 Å². The predicted molar refractivity (Wildman–Crippen MR) is 82.5 cm³/mol. The lowest BCUT2D eigenvalue weighted by atomic mass is 9.99. The van der Waals surface area contributed by atoms with Crippen LogP contribution in [0.4, 0.5) is 4.39 Å². The summed E-state index contributed by atoms with van der Waals surface area (Å²) in [4.78, 5) is 25.0. The number of nitrogens with zero attached hydrogens (tertiary/aromatic N) is 4. The van der Waals surface area contributed by atoms with Gasteiger partial charge in [0.05, 0.1) is 17.1 Å². The summed E-state index contributed by atoms with van der Waals surface area (Å²) in [5, 5.41) is 16.6. The Morgan fingerprint density at radius 3 is 2.79 bits per heavy atom. The van der Waals surface area contributed by atoms with Crippen molar-refractivity contribution in [1.29, 1.82) is 0 Å². The minimum atomic E-state index is -0.928. The molecule has 0 aliphatic carbocycles. The number of carboxylic acids is 1. The topological polar surface area (TPSA) is 88.3 Å². The second kappa shape index (κ2) is 6.20. The summed E-state index contributed by atoms with van der Waals surface area (Å²) in [5.74, 6) is -2.77. The molecule has 0 bridgehead atoms. The van der Waals surface area contributed by atoms with Gasteiger partial charge < -0.3 is 10.0 Å². The summed E-state index contributed by atoms with van der Waals surface area (Å²) >= 11 is 5.73. The van der Waals surface area contributed by atoms with Crippen LogP contribution in [0.15, 0.2) is 24.4 Å². The van der Waals surface area contributed by atoms with Crippen molar-refractivity contribution in [1.82, 2.24) is 19.9 Å². The number of hydrogen-bond acceptors (Lipinski definition) is 4. The molecule has 24 heavy (non-hydrogen) atoms. The predicted octanol–water partition coefficient (Wildman–Crippen LogP) is 1.85. The highest BCUT2D eigenvalue weighted by Gasteiger charge is 2.37. The number of hydrogen-bond donors (Lipinski definition) is 1. The second-order valence-electron chi connectivity index (χ2n) is 5.75. The lowest BCUT2D eigenvalue weighted by Crippen LogP contribution is -2.30. The van der Waals surface area contributed by atoms with Gasteiger partial charge in [0.15, 0.2) is 11.5 Å². The minimum absolute atomic E-state index is 0.0209. The van der Waals surface area contributed by atoms with Crippen LogP contribution in [0.5, 0.6) is 0 Å². The molecular weight excluding hydrogens is 339 g/mol. The van der Waals surface area contributed by atoms with Crippen LogP contribution in [0.25, 0.3) is 5.69 Å². The summed E-state index contributed by atoms with van der Waals surface area (Å²) in [6.07, 6.45) is 1.30. The molecule has 0 radical (unpaired) electrons. The molecule has 7 nitrogen and oxygen atoms in total. The second-order valence-corrected chi connectivity index (χ2v) is 6.16. The Balaban J connectivity index is 1.82. The van der Waals surface area contributed by atoms with E-state index in [1.807, 2.05) is 0 Å². The first kappa shape index (κ1) is 16.4. The highest BCUT2D eigenvalue weighted by atomic mass is 35.5. The van der Waals surface area contributed by atoms with Gasteiger partial charge in [0.1, 0.15) is 5.69 Å². The number of carbonyl (C=O) groups excluding carboxylic acids is 1. The zero-order chi connectivity index (χ0) is 17.4.